The zero-order valence-electron chi connectivity index (χ0n) is 18.1. The summed E-state index contributed by atoms with van der Waals surface area (Å²) < 4.78 is 43.4. The zero-order valence-corrected chi connectivity index (χ0v) is 18.1. The molecule has 0 aliphatic carbocycles. The summed E-state index contributed by atoms with van der Waals surface area (Å²) in [6.07, 6.45) is 6.48. The van der Waals surface area contributed by atoms with Crippen LogP contribution in [0.2, 0.25) is 0 Å². The van der Waals surface area contributed by atoms with Gasteiger partial charge in [0.05, 0.1) is 23.8 Å². The van der Waals surface area contributed by atoms with Crippen LogP contribution in [0, 0.1) is 24.4 Å². The smallest absolute Gasteiger partial charge is 0.229 e. The molecule has 2 aromatic carbocycles. The van der Waals surface area contributed by atoms with E-state index in [1.807, 2.05) is 18.9 Å². The fraction of sp³-hybridized carbons (Fsp3) is 0.208. The summed E-state index contributed by atoms with van der Waals surface area (Å²) in [5.74, 6) is -1.14. The predicted octanol–water partition coefficient (Wildman–Crippen LogP) is 5.26. The molecule has 2 aromatic heterocycles. The molecule has 4 aromatic rings. The maximum absolute atomic E-state index is 14.7. The number of fused-ring (bicyclic) bond motifs is 1. The number of rotatable bonds is 4. The van der Waals surface area contributed by atoms with Crippen LogP contribution in [-0.4, -0.2) is 26.6 Å². The van der Waals surface area contributed by atoms with Gasteiger partial charge >= 0.3 is 0 Å². The van der Waals surface area contributed by atoms with Gasteiger partial charge in [0.2, 0.25) is 5.95 Å². The van der Waals surface area contributed by atoms with Crippen LogP contribution in [0.3, 0.4) is 0 Å². The third-order valence-electron chi connectivity index (χ3n) is 5.85. The number of hydrogen-bond donors (Lipinski definition) is 1. The second-order valence-corrected chi connectivity index (χ2v) is 8.09. The molecule has 1 atom stereocenters. The molecule has 1 N–H and O–H groups in total. The van der Waals surface area contributed by atoms with Gasteiger partial charge < -0.3 is 14.8 Å². The maximum atomic E-state index is 14.7. The summed E-state index contributed by atoms with van der Waals surface area (Å²) in [6, 6.07) is 8.59. The molecular weight excluding hydrogens is 429 g/mol. The van der Waals surface area contributed by atoms with Crippen molar-refractivity contribution in [1.29, 1.82) is 0 Å². The fourth-order valence-electron chi connectivity index (χ4n) is 4.16. The Hall–Kier alpha value is -3.88. The molecule has 0 saturated heterocycles. The molecule has 0 saturated carbocycles. The van der Waals surface area contributed by atoms with Crippen molar-refractivity contribution in [2.45, 2.75) is 25.8 Å². The summed E-state index contributed by atoms with van der Waals surface area (Å²) in [7, 11) is 1.86. The van der Waals surface area contributed by atoms with E-state index in [2.05, 4.69) is 20.3 Å². The minimum absolute atomic E-state index is 0.147. The van der Waals surface area contributed by atoms with E-state index >= 15 is 0 Å². The number of aromatic nitrogens is 4. The first kappa shape index (κ1) is 21.0. The lowest BCUT2D eigenvalue weighted by Crippen LogP contribution is -2.30. The highest BCUT2D eigenvalue weighted by atomic mass is 19.2. The minimum Gasteiger partial charge on any atom is -0.352 e. The lowest BCUT2D eigenvalue weighted by atomic mass is 9.94. The van der Waals surface area contributed by atoms with Crippen LogP contribution in [0.5, 0.6) is 0 Å². The van der Waals surface area contributed by atoms with Crippen LogP contribution in [0.1, 0.15) is 29.3 Å². The summed E-state index contributed by atoms with van der Waals surface area (Å²) in [5, 5.41) is 3.05. The van der Waals surface area contributed by atoms with Crippen molar-refractivity contribution in [3.8, 4) is 5.69 Å². The number of hydrogen-bond acceptors (Lipinski definition) is 5. The number of nitrogens with one attached hydrogen (secondary N) is 1. The van der Waals surface area contributed by atoms with Crippen molar-refractivity contribution in [2.75, 3.05) is 17.3 Å². The molecule has 33 heavy (non-hydrogen) atoms. The topological polar surface area (TPSA) is 58.9 Å². The first-order valence-electron chi connectivity index (χ1n) is 10.5. The van der Waals surface area contributed by atoms with Crippen molar-refractivity contribution in [3.05, 3.63) is 89.4 Å². The van der Waals surface area contributed by atoms with Gasteiger partial charge in [-0.3, -0.25) is 0 Å². The summed E-state index contributed by atoms with van der Waals surface area (Å²) in [5.41, 5.74) is 3.33. The molecule has 9 heteroatoms. The van der Waals surface area contributed by atoms with Crippen molar-refractivity contribution in [2.24, 2.45) is 0 Å². The molecule has 0 bridgehead atoms. The fourth-order valence-corrected chi connectivity index (χ4v) is 4.16. The molecular formula is C24H21F3N6. The first-order valence-corrected chi connectivity index (χ1v) is 10.5. The largest absolute Gasteiger partial charge is 0.352 e. The molecule has 6 nitrogen and oxygen atoms in total. The van der Waals surface area contributed by atoms with E-state index in [1.165, 1.54) is 12.1 Å². The second-order valence-electron chi connectivity index (χ2n) is 8.09. The molecule has 5 rings (SSSR count). The Labute approximate surface area is 188 Å². The zero-order chi connectivity index (χ0) is 23.1. The molecule has 1 aliphatic heterocycles. The van der Waals surface area contributed by atoms with E-state index in [1.54, 1.807) is 41.5 Å². The predicted molar refractivity (Wildman–Crippen MR) is 119 cm³/mol. The highest BCUT2D eigenvalue weighted by Crippen LogP contribution is 2.37. The number of imidazole rings is 1. The van der Waals surface area contributed by atoms with Crippen molar-refractivity contribution in [1.82, 2.24) is 19.5 Å². The summed E-state index contributed by atoms with van der Waals surface area (Å²) in [4.78, 5) is 15.0. The van der Waals surface area contributed by atoms with Gasteiger partial charge in [0.1, 0.15) is 11.6 Å². The standard InChI is InChI=1S/C24H21F3N6/c1-14-12-33(13-29-14)22-8-5-17(10-20(22)27)30-24-28-11-16-4-7-21(32(2)23(16)31-24)15-3-6-18(25)19(26)9-15/h3,5-6,8-13,21H,4,7H2,1-2H3,(H,28,30,31). The highest BCUT2D eigenvalue weighted by molar-refractivity contribution is 5.60. The van der Waals surface area contributed by atoms with Gasteiger partial charge in [0.15, 0.2) is 11.6 Å². The van der Waals surface area contributed by atoms with Crippen LogP contribution in [0.25, 0.3) is 5.69 Å². The van der Waals surface area contributed by atoms with Crippen molar-refractivity contribution in [3.63, 3.8) is 0 Å². The Bertz CT molecular complexity index is 1340. The number of benzene rings is 2. The molecule has 3 heterocycles. The van der Waals surface area contributed by atoms with Gasteiger partial charge in [0.25, 0.3) is 0 Å². The van der Waals surface area contributed by atoms with E-state index in [9.17, 15) is 13.2 Å². The Morgan fingerprint density at radius 2 is 1.85 bits per heavy atom. The van der Waals surface area contributed by atoms with E-state index in [0.717, 1.165) is 23.7 Å². The Balaban J connectivity index is 1.39. The summed E-state index contributed by atoms with van der Waals surface area (Å²) >= 11 is 0. The Morgan fingerprint density at radius 1 is 1.00 bits per heavy atom. The van der Waals surface area contributed by atoms with Crippen LogP contribution < -0.4 is 10.2 Å². The summed E-state index contributed by atoms with van der Waals surface area (Å²) in [6.45, 7) is 1.84. The van der Waals surface area contributed by atoms with Crippen molar-refractivity contribution >= 4 is 17.5 Å². The maximum Gasteiger partial charge on any atom is 0.229 e. The van der Waals surface area contributed by atoms with Gasteiger partial charge in [-0.15, -0.1) is 0 Å². The van der Waals surface area contributed by atoms with Crippen LogP contribution in [-0.2, 0) is 6.42 Å². The molecule has 168 valence electrons. The normalized spacial score (nSPS) is 15.4. The lowest BCUT2D eigenvalue weighted by molar-refractivity contribution is 0.500. The third kappa shape index (κ3) is 4.02. The number of aryl methyl sites for hydroxylation is 2. The molecule has 0 radical (unpaired) electrons. The van der Waals surface area contributed by atoms with E-state index < -0.39 is 17.5 Å². The van der Waals surface area contributed by atoms with E-state index in [4.69, 9.17) is 0 Å². The van der Waals surface area contributed by atoms with E-state index in [0.29, 0.717) is 35.1 Å². The molecule has 0 spiro atoms. The monoisotopic (exact) mass is 450 g/mol. The van der Waals surface area contributed by atoms with Gasteiger partial charge in [-0.05, 0) is 55.7 Å². The number of halogens is 3. The number of nitrogens with zero attached hydrogens (tertiary/aromatic N) is 5. The minimum atomic E-state index is -0.868. The van der Waals surface area contributed by atoms with Crippen LogP contribution in [0.4, 0.5) is 30.6 Å². The Kier molecular flexibility index (Phi) is 5.24. The van der Waals surface area contributed by atoms with Gasteiger partial charge in [-0.2, -0.15) is 4.98 Å². The highest BCUT2D eigenvalue weighted by Gasteiger charge is 2.27. The third-order valence-corrected chi connectivity index (χ3v) is 5.85. The van der Waals surface area contributed by atoms with Gasteiger partial charge in [-0.25, -0.2) is 23.1 Å². The lowest BCUT2D eigenvalue weighted by Gasteiger charge is -2.35. The van der Waals surface area contributed by atoms with Gasteiger partial charge in [0, 0.05) is 30.7 Å². The Morgan fingerprint density at radius 3 is 2.58 bits per heavy atom. The average molecular weight is 450 g/mol. The second kappa shape index (κ2) is 8.23. The average Bonchev–Trinajstić information content (AvgIpc) is 3.22. The van der Waals surface area contributed by atoms with E-state index in [-0.39, 0.29) is 6.04 Å². The van der Waals surface area contributed by atoms with Crippen molar-refractivity contribution < 1.29 is 13.2 Å². The SMILES string of the molecule is Cc1cn(-c2ccc(Nc3ncc4c(n3)N(C)C(c3ccc(F)c(F)c3)CC4)cc2F)cn1. The number of anilines is 3. The quantitative estimate of drug-likeness (QED) is 0.460. The molecule has 1 aliphatic rings. The van der Waals surface area contributed by atoms with Crippen LogP contribution in [0.15, 0.2) is 55.1 Å². The first-order chi connectivity index (χ1) is 15.9. The van der Waals surface area contributed by atoms with Crippen LogP contribution >= 0.6 is 0 Å². The van der Waals surface area contributed by atoms with Gasteiger partial charge in [-0.1, -0.05) is 6.07 Å². The molecule has 0 amide bonds. The molecule has 0 fully saturated rings. The molecule has 1 unspecified atom stereocenters.